The van der Waals surface area contributed by atoms with Gasteiger partial charge in [-0.15, -0.1) is 0 Å². The molecule has 1 aromatic rings. The molecule has 1 aliphatic heterocycles. The number of hydrogen-bond acceptors (Lipinski definition) is 3. The van der Waals surface area contributed by atoms with Crippen molar-refractivity contribution in [3.05, 3.63) is 28.8 Å². The fraction of sp³-hybridized carbons (Fsp3) is 0.579. The van der Waals surface area contributed by atoms with Crippen LogP contribution in [0.1, 0.15) is 36.5 Å². The molecule has 5 heteroatoms. The molecule has 1 atom stereocenters. The molecule has 5 nitrogen and oxygen atoms in total. The molecule has 0 unspecified atom stereocenters. The summed E-state index contributed by atoms with van der Waals surface area (Å²) in [6.07, 6.45) is 2.37. The highest BCUT2D eigenvalue weighted by molar-refractivity contribution is 5.96. The fourth-order valence-electron chi connectivity index (χ4n) is 3.43. The molecular formula is C19H29N3O2. The van der Waals surface area contributed by atoms with E-state index in [1.54, 1.807) is 0 Å². The van der Waals surface area contributed by atoms with E-state index in [4.69, 9.17) is 0 Å². The average Bonchev–Trinajstić information content (AvgIpc) is 2.49. The Hall–Kier alpha value is -1.88. The maximum Gasteiger partial charge on any atom is 0.243 e. The third-order valence-corrected chi connectivity index (χ3v) is 4.50. The van der Waals surface area contributed by atoms with Crippen molar-refractivity contribution in [3.63, 3.8) is 0 Å². The maximum atomic E-state index is 12.1. The maximum absolute atomic E-state index is 12.1. The lowest BCUT2D eigenvalue weighted by Gasteiger charge is -2.30. The van der Waals surface area contributed by atoms with Gasteiger partial charge in [0.25, 0.3) is 0 Å². The highest BCUT2D eigenvalue weighted by atomic mass is 16.2. The molecule has 2 N–H and O–H groups in total. The number of carbonyl (C=O) groups is 2. The van der Waals surface area contributed by atoms with Gasteiger partial charge in [0.1, 0.15) is 0 Å². The fourth-order valence-corrected chi connectivity index (χ4v) is 3.43. The number of benzene rings is 1. The van der Waals surface area contributed by atoms with Gasteiger partial charge >= 0.3 is 0 Å². The second kappa shape index (κ2) is 8.29. The van der Waals surface area contributed by atoms with E-state index in [1.165, 1.54) is 12.0 Å². The van der Waals surface area contributed by atoms with Gasteiger partial charge in [-0.3, -0.25) is 14.5 Å². The number of piperidine rings is 1. The first-order valence-corrected chi connectivity index (χ1v) is 8.72. The van der Waals surface area contributed by atoms with E-state index in [-0.39, 0.29) is 18.4 Å². The predicted molar refractivity (Wildman–Crippen MR) is 97.1 cm³/mol. The first kappa shape index (κ1) is 18.5. The predicted octanol–water partition coefficient (Wildman–Crippen LogP) is 2.40. The lowest BCUT2D eigenvalue weighted by molar-refractivity contribution is -0.125. The molecular weight excluding hydrogens is 302 g/mol. The molecule has 2 amide bonds. The third-order valence-electron chi connectivity index (χ3n) is 4.50. The second-order valence-electron chi connectivity index (χ2n) is 7.08. The molecule has 1 aliphatic rings. The zero-order chi connectivity index (χ0) is 17.7. The largest absolute Gasteiger partial charge is 0.346 e. The van der Waals surface area contributed by atoms with Gasteiger partial charge in [-0.05, 0) is 57.2 Å². The van der Waals surface area contributed by atoms with Crippen molar-refractivity contribution in [2.75, 3.05) is 31.5 Å². The number of hydrogen-bond donors (Lipinski definition) is 2. The van der Waals surface area contributed by atoms with Gasteiger partial charge in [0.15, 0.2) is 0 Å². The van der Waals surface area contributed by atoms with Gasteiger partial charge in [-0.25, -0.2) is 0 Å². The summed E-state index contributed by atoms with van der Waals surface area (Å²) >= 11 is 0. The summed E-state index contributed by atoms with van der Waals surface area (Å²) in [5.74, 6) is 0.365. The summed E-state index contributed by atoms with van der Waals surface area (Å²) in [4.78, 5) is 26.3. The number of anilines is 1. The molecule has 24 heavy (non-hydrogen) atoms. The quantitative estimate of drug-likeness (QED) is 0.871. The van der Waals surface area contributed by atoms with Crippen LogP contribution in [0.4, 0.5) is 5.69 Å². The molecule has 1 aromatic carbocycles. The topological polar surface area (TPSA) is 61.4 Å². The lowest BCUT2D eigenvalue weighted by atomic mass is 10.0. The summed E-state index contributed by atoms with van der Waals surface area (Å²) in [6, 6.07) is 4.08. The monoisotopic (exact) mass is 331 g/mol. The van der Waals surface area contributed by atoms with Crippen molar-refractivity contribution in [1.82, 2.24) is 10.2 Å². The van der Waals surface area contributed by atoms with Crippen molar-refractivity contribution in [2.45, 2.75) is 40.5 Å². The van der Waals surface area contributed by atoms with Crippen molar-refractivity contribution < 1.29 is 9.59 Å². The van der Waals surface area contributed by atoms with E-state index in [1.807, 2.05) is 32.9 Å². The van der Waals surface area contributed by atoms with E-state index in [9.17, 15) is 9.59 Å². The van der Waals surface area contributed by atoms with Crippen LogP contribution in [0.25, 0.3) is 0 Å². The minimum absolute atomic E-state index is 0.00891. The Labute approximate surface area is 144 Å². The number of rotatable bonds is 5. The van der Waals surface area contributed by atoms with Gasteiger partial charge in [0.2, 0.25) is 11.8 Å². The lowest BCUT2D eigenvalue weighted by Crippen LogP contribution is -2.43. The first-order valence-electron chi connectivity index (χ1n) is 8.72. The van der Waals surface area contributed by atoms with Gasteiger partial charge in [0, 0.05) is 12.2 Å². The third kappa shape index (κ3) is 5.34. The molecule has 132 valence electrons. The van der Waals surface area contributed by atoms with E-state index in [0.29, 0.717) is 12.5 Å². The summed E-state index contributed by atoms with van der Waals surface area (Å²) in [5, 5.41) is 5.63. The first-order chi connectivity index (χ1) is 11.3. The number of carbonyl (C=O) groups excluding carboxylic acids is 2. The summed E-state index contributed by atoms with van der Waals surface area (Å²) in [7, 11) is 0. The normalized spacial score (nSPS) is 18.2. The molecule has 1 fully saturated rings. The van der Waals surface area contributed by atoms with Crippen LogP contribution in [0.15, 0.2) is 12.1 Å². The zero-order valence-electron chi connectivity index (χ0n) is 15.2. The molecule has 2 rings (SSSR count). The van der Waals surface area contributed by atoms with Crippen LogP contribution in [0.2, 0.25) is 0 Å². The number of aryl methyl sites for hydroxylation is 3. The minimum atomic E-state index is -0.189. The van der Waals surface area contributed by atoms with Crippen LogP contribution < -0.4 is 10.6 Å². The molecule has 1 heterocycles. The highest BCUT2D eigenvalue weighted by Crippen LogP contribution is 2.21. The van der Waals surface area contributed by atoms with Crippen molar-refractivity contribution >= 4 is 17.5 Å². The summed E-state index contributed by atoms with van der Waals surface area (Å²) < 4.78 is 0. The van der Waals surface area contributed by atoms with Crippen LogP contribution in [0.3, 0.4) is 0 Å². The molecule has 0 aromatic heterocycles. The molecule has 0 radical (unpaired) electrons. The minimum Gasteiger partial charge on any atom is -0.346 e. The standard InChI is InChI=1S/C19H29N3O2/c1-13-6-5-7-22(11-13)12-18(24)20-10-17(23)21-19-15(3)8-14(2)9-16(19)4/h8-9,13H,5-7,10-12H2,1-4H3,(H,20,24)(H,21,23)/t13-/m1/s1. The van der Waals surface area contributed by atoms with Gasteiger partial charge in [0.05, 0.1) is 13.1 Å². The Morgan fingerprint density at radius 1 is 1.17 bits per heavy atom. The average molecular weight is 331 g/mol. The van der Waals surface area contributed by atoms with Crippen LogP contribution in [0.5, 0.6) is 0 Å². The number of amides is 2. The van der Waals surface area contributed by atoms with E-state index in [0.717, 1.165) is 36.3 Å². The Bertz CT molecular complexity index is 590. The number of likely N-dealkylation sites (tertiary alicyclic amines) is 1. The van der Waals surface area contributed by atoms with Gasteiger partial charge in [-0.2, -0.15) is 0 Å². The molecule has 0 aliphatic carbocycles. The molecule has 1 saturated heterocycles. The van der Waals surface area contributed by atoms with Crippen LogP contribution in [-0.4, -0.2) is 42.9 Å². The summed E-state index contributed by atoms with van der Waals surface area (Å²) in [5.41, 5.74) is 4.08. The van der Waals surface area contributed by atoms with Gasteiger partial charge in [-0.1, -0.05) is 24.6 Å². The Balaban J connectivity index is 1.80. The Morgan fingerprint density at radius 3 is 2.46 bits per heavy atom. The Morgan fingerprint density at radius 2 is 1.83 bits per heavy atom. The Kier molecular flexibility index (Phi) is 6.37. The highest BCUT2D eigenvalue weighted by Gasteiger charge is 2.18. The summed E-state index contributed by atoms with van der Waals surface area (Å²) in [6.45, 7) is 10.5. The number of nitrogens with zero attached hydrogens (tertiary/aromatic N) is 1. The SMILES string of the molecule is Cc1cc(C)c(NC(=O)CNC(=O)CN2CCC[C@@H](C)C2)c(C)c1. The van der Waals surface area contributed by atoms with Crippen LogP contribution in [0, 0.1) is 26.7 Å². The zero-order valence-corrected chi connectivity index (χ0v) is 15.2. The molecule has 0 spiro atoms. The van der Waals surface area contributed by atoms with E-state index < -0.39 is 0 Å². The van der Waals surface area contributed by atoms with Crippen molar-refractivity contribution in [3.8, 4) is 0 Å². The van der Waals surface area contributed by atoms with Crippen molar-refractivity contribution in [1.29, 1.82) is 0 Å². The van der Waals surface area contributed by atoms with E-state index in [2.05, 4.69) is 22.5 Å². The van der Waals surface area contributed by atoms with Crippen LogP contribution >= 0.6 is 0 Å². The number of nitrogens with one attached hydrogen (secondary N) is 2. The van der Waals surface area contributed by atoms with Crippen molar-refractivity contribution in [2.24, 2.45) is 5.92 Å². The van der Waals surface area contributed by atoms with Crippen LogP contribution in [-0.2, 0) is 9.59 Å². The molecule has 0 bridgehead atoms. The molecule has 0 saturated carbocycles. The van der Waals surface area contributed by atoms with Gasteiger partial charge < -0.3 is 10.6 Å². The second-order valence-corrected chi connectivity index (χ2v) is 7.08. The smallest absolute Gasteiger partial charge is 0.243 e. The van der Waals surface area contributed by atoms with E-state index >= 15 is 0 Å².